The maximum absolute atomic E-state index is 12.2. The average molecular weight is 292 g/mol. The lowest BCUT2D eigenvalue weighted by Gasteiger charge is -2.14. The van der Waals surface area contributed by atoms with Gasteiger partial charge in [-0.1, -0.05) is 13.8 Å². The highest BCUT2D eigenvalue weighted by Crippen LogP contribution is 2.15. The summed E-state index contributed by atoms with van der Waals surface area (Å²) >= 11 is 0. The first-order chi connectivity index (χ1) is 10.0. The summed E-state index contributed by atoms with van der Waals surface area (Å²) in [7, 11) is 0. The number of hydrogen-bond acceptors (Lipinski definition) is 6. The molecule has 1 saturated heterocycles. The first-order valence-electron chi connectivity index (χ1n) is 6.92. The van der Waals surface area contributed by atoms with Gasteiger partial charge < -0.3 is 16.1 Å². The monoisotopic (exact) mass is 292 g/mol. The molecule has 1 aromatic rings. The SMILES string of the molecule is CC(C)c1ncc(NN)c(C(=O)NCC2CCC(=O)N2)n1. The predicted molar refractivity (Wildman–Crippen MR) is 77.4 cm³/mol. The maximum Gasteiger partial charge on any atom is 0.272 e. The number of amides is 2. The van der Waals surface area contributed by atoms with E-state index in [1.807, 2.05) is 13.8 Å². The largest absolute Gasteiger partial charge is 0.352 e. The second-order valence-electron chi connectivity index (χ2n) is 5.30. The Morgan fingerprint density at radius 3 is 2.90 bits per heavy atom. The molecule has 2 rings (SSSR count). The number of aromatic nitrogens is 2. The predicted octanol–water partition coefficient (Wildman–Crippen LogP) is -0.106. The zero-order valence-electron chi connectivity index (χ0n) is 12.1. The van der Waals surface area contributed by atoms with Gasteiger partial charge in [-0.15, -0.1) is 0 Å². The van der Waals surface area contributed by atoms with E-state index in [9.17, 15) is 9.59 Å². The zero-order chi connectivity index (χ0) is 15.4. The highest BCUT2D eigenvalue weighted by molar-refractivity contribution is 5.97. The van der Waals surface area contributed by atoms with Gasteiger partial charge in [-0.2, -0.15) is 0 Å². The van der Waals surface area contributed by atoms with E-state index in [2.05, 4.69) is 26.0 Å². The van der Waals surface area contributed by atoms with Gasteiger partial charge in [0.15, 0.2) is 5.69 Å². The molecule has 1 aliphatic rings. The molecule has 2 amide bonds. The van der Waals surface area contributed by atoms with Crippen molar-refractivity contribution in [3.63, 3.8) is 0 Å². The minimum atomic E-state index is -0.339. The molecule has 1 aliphatic heterocycles. The zero-order valence-corrected chi connectivity index (χ0v) is 12.1. The summed E-state index contributed by atoms with van der Waals surface area (Å²) in [5.74, 6) is 5.75. The number of hydrogen-bond donors (Lipinski definition) is 4. The van der Waals surface area contributed by atoms with Crippen LogP contribution in [-0.4, -0.2) is 34.4 Å². The van der Waals surface area contributed by atoms with Crippen LogP contribution in [0.3, 0.4) is 0 Å². The van der Waals surface area contributed by atoms with E-state index >= 15 is 0 Å². The Kier molecular flexibility index (Phi) is 4.69. The third kappa shape index (κ3) is 3.66. The van der Waals surface area contributed by atoms with Gasteiger partial charge >= 0.3 is 0 Å². The van der Waals surface area contributed by atoms with Gasteiger partial charge in [-0.25, -0.2) is 9.97 Å². The van der Waals surface area contributed by atoms with E-state index in [0.717, 1.165) is 6.42 Å². The van der Waals surface area contributed by atoms with Crippen molar-refractivity contribution in [2.75, 3.05) is 12.0 Å². The third-order valence-electron chi connectivity index (χ3n) is 3.29. The third-order valence-corrected chi connectivity index (χ3v) is 3.29. The fraction of sp³-hybridized carbons (Fsp3) is 0.538. The number of hydrazine groups is 1. The molecule has 0 aliphatic carbocycles. The number of nitrogens with one attached hydrogen (secondary N) is 3. The minimum Gasteiger partial charge on any atom is -0.352 e. The van der Waals surface area contributed by atoms with Crippen molar-refractivity contribution >= 4 is 17.5 Å². The van der Waals surface area contributed by atoms with E-state index in [0.29, 0.717) is 24.5 Å². The van der Waals surface area contributed by atoms with Crippen molar-refractivity contribution in [1.82, 2.24) is 20.6 Å². The number of nitrogens with zero attached hydrogens (tertiary/aromatic N) is 2. The Morgan fingerprint density at radius 1 is 1.57 bits per heavy atom. The van der Waals surface area contributed by atoms with Gasteiger partial charge in [0, 0.05) is 24.9 Å². The van der Waals surface area contributed by atoms with Crippen LogP contribution in [0.4, 0.5) is 5.69 Å². The van der Waals surface area contributed by atoms with Gasteiger partial charge in [-0.3, -0.25) is 15.4 Å². The molecule has 1 unspecified atom stereocenters. The number of rotatable bonds is 5. The molecule has 2 heterocycles. The van der Waals surface area contributed by atoms with Crippen LogP contribution >= 0.6 is 0 Å². The van der Waals surface area contributed by atoms with Crippen LogP contribution in [0.1, 0.15) is 48.9 Å². The summed E-state index contributed by atoms with van der Waals surface area (Å²) in [4.78, 5) is 31.7. The van der Waals surface area contributed by atoms with Crippen LogP contribution in [0.5, 0.6) is 0 Å². The van der Waals surface area contributed by atoms with Crippen LogP contribution in [0.15, 0.2) is 6.20 Å². The van der Waals surface area contributed by atoms with Crippen LogP contribution in [0, 0.1) is 0 Å². The Hall–Kier alpha value is -2.22. The summed E-state index contributed by atoms with van der Waals surface area (Å²) in [5.41, 5.74) is 3.00. The summed E-state index contributed by atoms with van der Waals surface area (Å²) < 4.78 is 0. The number of nitrogens with two attached hydrogens (primary N) is 1. The molecule has 5 N–H and O–H groups in total. The minimum absolute atomic E-state index is 0.0164. The molecule has 0 spiro atoms. The Bertz CT molecular complexity index is 545. The molecule has 21 heavy (non-hydrogen) atoms. The second kappa shape index (κ2) is 6.49. The highest BCUT2D eigenvalue weighted by Gasteiger charge is 2.22. The van der Waals surface area contributed by atoms with Gasteiger partial charge in [0.05, 0.1) is 11.9 Å². The van der Waals surface area contributed by atoms with E-state index in [4.69, 9.17) is 5.84 Å². The first kappa shape index (κ1) is 15.2. The summed E-state index contributed by atoms with van der Waals surface area (Å²) in [6.45, 7) is 4.26. The normalized spacial score (nSPS) is 17.7. The summed E-state index contributed by atoms with van der Waals surface area (Å²) in [6, 6.07) is -0.0258. The topological polar surface area (TPSA) is 122 Å². The van der Waals surface area contributed by atoms with Crippen molar-refractivity contribution in [3.8, 4) is 0 Å². The van der Waals surface area contributed by atoms with Gasteiger partial charge in [-0.05, 0) is 6.42 Å². The molecule has 8 heteroatoms. The van der Waals surface area contributed by atoms with Gasteiger partial charge in [0.2, 0.25) is 5.91 Å². The Labute approximate surface area is 122 Å². The molecule has 0 aromatic carbocycles. The fourth-order valence-electron chi connectivity index (χ4n) is 2.08. The number of anilines is 1. The summed E-state index contributed by atoms with van der Waals surface area (Å²) in [6.07, 6.45) is 2.72. The van der Waals surface area contributed by atoms with Crippen molar-refractivity contribution in [1.29, 1.82) is 0 Å². The molecule has 114 valence electrons. The molecule has 0 bridgehead atoms. The van der Waals surface area contributed by atoms with Crippen LogP contribution in [0.25, 0.3) is 0 Å². The molecule has 8 nitrogen and oxygen atoms in total. The van der Waals surface area contributed by atoms with Crippen LogP contribution in [0.2, 0.25) is 0 Å². The Morgan fingerprint density at radius 2 is 2.33 bits per heavy atom. The first-order valence-corrected chi connectivity index (χ1v) is 6.92. The van der Waals surface area contributed by atoms with Crippen LogP contribution < -0.4 is 21.9 Å². The highest BCUT2D eigenvalue weighted by atomic mass is 16.2. The second-order valence-corrected chi connectivity index (χ2v) is 5.30. The molecule has 0 radical (unpaired) electrons. The smallest absolute Gasteiger partial charge is 0.272 e. The molecule has 0 saturated carbocycles. The lowest BCUT2D eigenvalue weighted by molar-refractivity contribution is -0.119. The number of carbonyl (C=O) groups excluding carboxylic acids is 2. The molecule has 1 fully saturated rings. The standard InChI is InChI=1S/C13H20N6O2/c1-7(2)12-15-6-9(19-14)11(18-12)13(21)16-5-8-3-4-10(20)17-8/h6-8,19H,3-5,14H2,1-2H3,(H,16,21)(H,17,20). The molecular weight excluding hydrogens is 272 g/mol. The average Bonchev–Trinajstić information content (AvgIpc) is 2.89. The van der Waals surface area contributed by atoms with Crippen molar-refractivity contribution < 1.29 is 9.59 Å². The van der Waals surface area contributed by atoms with E-state index < -0.39 is 0 Å². The van der Waals surface area contributed by atoms with Crippen molar-refractivity contribution in [2.45, 2.75) is 38.6 Å². The van der Waals surface area contributed by atoms with E-state index in [1.165, 1.54) is 6.20 Å². The van der Waals surface area contributed by atoms with E-state index in [1.54, 1.807) is 0 Å². The molecular formula is C13H20N6O2. The fourth-order valence-corrected chi connectivity index (χ4v) is 2.08. The summed E-state index contributed by atoms with van der Waals surface area (Å²) in [5, 5.41) is 5.55. The number of carbonyl (C=O) groups is 2. The van der Waals surface area contributed by atoms with Crippen molar-refractivity contribution in [3.05, 3.63) is 17.7 Å². The van der Waals surface area contributed by atoms with Gasteiger partial charge in [0.25, 0.3) is 5.91 Å². The maximum atomic E-state index is 12.2. The Balaban J connectivity index is 2.06. The van der Waals surface area contributed by atoms with Gasteiger partial charge in [0.1, 0.15) is 5.82 Å². The van der Waals surface area contributed by atoms with Crippen molar-refractivity contribution in [2.24, 2.45) is 5.84 Å². The van der Waals surface area contributed by atoms with Crippen LogP contribution in [-0.2, 0) is 4.79 Å². The lowest BCUT2D eigenvalue weighted by Crippen LogP contribution is -2.39. The molecule has 1 aromatic heterocycles. The molecule has 1 atom stereocenters. The quantitative estimate of drug-likeness (QED) is 0.444. The number of nitrogen functional groups attached to an aromatic ring is 1. The lowest BCUT2D eigenvalue weighted by atomic mass is 10.2. The van der Waals surface area contributed by atoms with E-state index in [-0.39, 0.29) is 29.5 Å².